The summed E-state index contributed by atoms with van der Waals surface area (Å²) in [5, 5.41) is 5.83. The number of nitrogens with two attached hydrogens (primary N) is 1. The zero-order valence-electron chi connectivity index (χ0n) is 63.0. The van der Waals surface area contributed by atoms with Crippen molar-refractivity contribution in [2.75, 3.05) is 13.2 Å². The summed E-state index contributed by atoms with van der Waals surface area (Å²) in [6, 6.07) is 45.9. The predicted molar refractivity (Wildman–Crippen MR) is 418 cm³/mol. The molecule has 0 bridgehead atoms. The van der Waals surface area contributed by atoms with E-state index in [0.29, 0.717) is 30.7 Å². The van der Waals surface area contributed by atoms with Gasteiger partial charge in [0.2, 0.25) is 0 Å². The number of carbonyl (C=O) groups is 4. The third kappa shape index (κ3) is 20.7. The summed E-state index contributed by atoms with van der Waals surface area (Å²) >= 11 is 0. The van der Waals surface area contributed by atoms with Gasteiger partial charge in [0.1, 0.15) is 17.5 Å². The van der Waals surface area contributed by atoms with E-state index in [4.69, 9.17) is 29.7 Å². The summed E-state index contributed by atoms with van der Waals surface area (Å²) in [6.45, 7) is 19.3. The van der Waals surface area contributed by atoms with Crippen molar-refractivity contribution in [1.82, 2.24) is 20.6 Å². The Morgan fingerprint density at radius 2 is 1.02 bits per heavy atom. The average Bonchev–Trinajstić information content (AvgIpc) is 1.76. The molecule has 14 rings (SSSR count). The fourth-order valence-corrected chi connectivity index (χ4v) is 17.4. The maximum absolute atomic E-state index is 11.9. The molecule has 13 nitrogen and oxygen atoms in total. The number of ether oxygens (including phenoxy) is 4. The van der Waals surface area contributed by atoms with Crippen LogP contribution in [0.3, 0.4) is 0 Å². The highest BCUT2D eigenvalue weighted by Crippen LogP contribution is 2.52. The van der Waals surface area contributed by atoms with Gasteiger partial charge in [-0.3, -0.25) is 14.8 Å². The quantitative estimate of drug-likeness (QED) is 0.0992. The zero-order valence-corrected chi connectivity index (χ0v) is 63.8. The van der Waals surface area contributed by atoms with Crippen LogP contribution in [-0.2, 0) is 34.6 Å². The van der Waals surface area contributed by atoms with Gasteiger partial charge in [0.25, 0.3) is 0 Å². The van der Waals surface area contributed by atoms with E-state index in [0.717, 1.165) is 101 Å². The van der Waals surface area contributed by atoms with Crippen LogP contribution in [0.2, 0.25) is 0 Å². The molecular formula is C89H116ClN5O8. The number of hydrogen-bond donors (Lipinski definition) is 3. The minimum Gasteiger partial charge on any atom is -0.444 e. The maximum atomic E-state index is 11.9. The Labute approximate surface area is 621 Å². The zero-order chi connectivity index (χ0) is 72.4. The Morgan fingerprint density at radius 3 is 1.53 bits per heavy atom. The summed E-state index contributed by atoms with van der Waals surface area (Å²) < 4.78 is 23.1. The highest BCUT2D eigenvalue weighted by Gasteiger charge is 2.50. The Morgan fingerprint density at radius 1 is 0.573 bits per heavy atom. The van der Waals surface area contributed by atoms with E-state index >= 15 is 0 Å². The first-order valence-electron chi connectivity index (χ1n) is 38.3. The van der Waals surface area contributed by atoms with Gasteiger partial charge in [0, 0.05) is 72.3 Å². The van der Waals surface area contributed by atoms with Crippen molar-refractivity contribution in [3.63, 3.8) is 0 Å². The number of aromatic nitrogens is 2. The van der Waals surface area contributed by atoms with Crippen molar-refractivity contribution >= 4 is 53.4 Å². The number of pyridine rings is 2. The van der Waals surface area contributed by atoms with Crippen LogP contribution in [0.15, 0.2) is 164 Å². The second-order valence-electron chi connectivity index (χ2n) is 31.6. The average molecular weight is 1420 g/mol. The summed E-state index contributed by atoms with van der Waals surface area (Å²) in [4.78, 5) is 56.1. The monoisotopic (exact) mass is 1420 g/mol. The first kappa shape index (κ1) is 79.6. The minimum atomic E-state index is -0.520. The third-order valence-electron chi connectivity index (χ3n) is 22.3. The molecule has 14 heteroatoms. The fourth-order valence-electron chi connectivity index (χ4n) is 17.4. The molecule has 6 aromatic rings. The molecule has 2 saturated heterocycles. The number of rotatable bonds is 12. The Balaban J connectivity index is 0.000000153. The lowest BCUT2D eigenvalue weighted by Gasteiger charge is -2.46. The van der Waals surface area contributed by atoms with Gasteiger partial charge >= 0.3 is 12.2 Å². The number of allylic oxidation sites excluding steroid dienone is 5. The summed E-state index contributed by atoms with van der Waals surface area (Å²) in [5.41, 5.74) is 21.7. The topological polar surface area (TPSA) is 181 Å². The SMILES string of the molecule is C/C=C1\CC[C@H](NC(=O)OC(C)(C)C)c2ccccc21.CC(C)(C)OC(=O)N[C@H]1CCC(=O)c2ccccc21.CCC1=CC[C@H](CCC[C@@]2(c3ccccn3)CCOC3(CCCC3)C2)c2ccccc21.CCC1=CC[C@H](N)c2ccccc21.Cl.O=CC[C@@]1(c2ccccn2)CCOC2(CCCC2)C1. The van der Waals surface area contributed by atoms with Crippen molar-refractivity contribution in [3.05, 3.63) is 220 Å². The molecule has 103 heavy (non-hydrogen) atoms. The normalized spacial score (nSPS) is 23.6. The highest BCUT2D eigenvalue weighted by molar-refractivity contribution is 5.99. The number of hydrogen-bond acceptors (Lipinski definition) is 11. The number of benzene rings is 4. The number of aldehydes is 1. The van der Waals surface area contributed by atoms with Gasteiger partial charge in [0.15, 0.2) is 5.78 Å². The van der Waals surface area contributed by atoms with Crippen molar-refractivity contribution < 1.29 is 38.1 Å². The van der Waals surface area contributed by atoms with E-state index in [1.54, 1.807) is 11.6 Å². The first-order chi connectivity index (χ1) is 49.1. The molecule has 2 amide bonds. The van der Waals surface area contributed by atoms with Gasteiger partial charge < -0.3 is 40.1 Å². The molecule has 6 aliphatic carbocycles. The molecule has 2 spiro atoms. The molecule has 4 aromatic carbocycles. The number of ketones is 1. The smallest absolute Gasteiger partial charge is 0.408 e. The molecule has 0 radical (unpaired) electrons. The van der Waals surface area contributed by atoms with Gasteiger partial charge in [-0.05, 0) is 243 Å². The Hall–Kier alpha value is -7.55. The maximum Gasteiger partial charge on any atom is 0.408 e. The fraction of sp³-hybridized carbons (Fsp3) is 0.506. The van der Waals surface area contributed by atoms with Crippen LogP contribution >= 0.6 is 12.4 Å². The largest absolute Gasteiger partial charge is 0.444 e. The lowest BCUT2D eigenvalue weighted by molar-refractivity contribution is -0.118. The molecule has 8 aliphatic rings. The van der Waals surface area contributed by atoms with Crippen LogP contribution in [-0.4, -0.2) is 69.8 Å². The second kappa shape index (κ2) is 36.4. The lowest BCUT2D eigenvalue weighted by Crippen LogP contribution is -2.46. The van der Waals surface area contributed by atoms with Gasteiger partial charge in [-0.15, -0.1) is 12.4 Å². The second-order valence-corrected chi connectivity index (χ2v) is 31.6. The van der Waals surface area contributed by atoms with E-state index in [2.05, 4.69) is 140 Å². The number of halogens is 1. The Kier molecular flexibility index (Phi) is 28.1. The predicted octanol–water partition coefficient (Wildman–Crippen LogP) is 21.6. The van der Waals surface area contributed by atoms with Crippen molar-refractivity contribution in [2.45, 2.75) is 274 Å². The molecule has 0 unspecified atom stereocenters. The van der Waals surface area contributed by atoms with E-state index in [-0.39, 0.29) is 64.4 Å². The number of nitrogens with one attached hydrogen (secondary N) is 2. The van der Waals surface area contributed by atoms with Crippen LogP contribution in [0, 0.1) is 0 Å². The van der Waals surface area contributed by atoms with E-state index < -0.39 is 17.3 Å². The first-order valence-corrected chi connectivity index (χ1v) is 38.3. The lowest BCUT2D eigenvalue weighted by atomic mass is 9.66. The molecule has 2 aliphatic heterocycles. The molecule has 2 saturated carbocycles. The van der Waals surface area contributed by atoms with Crippen LogP contribution < -0.4 is 16.4 Å². The molecule has 552 valence electrons. The molecule has 4 fully saturated rings. The highest BCUT2D eigenvalue weighted by atomic mass is 35.5. The number of amides is 2. The van der Waals surface area contributed by atoms with Gasteiger partial charge in [-0.1, -0.05) is 173 Å². The van der Waals surface area contributed by atoms with Crippen molar-refractivity contribution in [3.8, 4) is 0 Å². The van der Waals surface area contributed by atoms with Gasteiger partial charge in [-0.2, -0.15) is 0 Å². The van der Waals surface area contributed by atoms with Crippen LogP contribution in [0.25, 0.3) is 16.7 Å². The van der Waals surface area contributed by atoms with Crippen LogP contribution in [0.5, 0.6) is 0 Å². The van der Waals surface area contributed by atoms with Gasteiger partial charge in [-0.25, -0.2) is 9.59 Å². The number of carbonyl (C=O) groups excluding carboxylic acids is 4. The van der Waals surface area contributed by atoms with Crippen LogP contribution in [0.4, 0.5) is 9.59 Å². The summed E-state index contributed by atoms with van der Waals surface area (Å²) in [6.07, 6.45) is 36.8. The molecule has 4 N–H and O–H groups in total. The van der Waals surface area contributed by atoms with Crippen molar-refractivity contribution in [1.29, 1.82) is 0 Å². The molecule has 2 aromatic heterocycles. The number of alkyl carbamates (subject to hydrolysis) is 2. The molecule has 6 atom stereocenters. The Bertz CT molecular complexity index is 3860. The summed E-state index contributed by atoms with van der Waals surface area (Å²) in [7, 11) is 0. The van der Waals surface area contributed by atoms with Gasteiger partial charge in [0.05, 0.1) is 23.3 Å². The number of Topliss-reactive ketones (excluding diaryl/α,β-unsaturated/α-hetero) is 1. The third-order valence-corrected chi connectivity index (χ3v) is 22.3. The van der Waals surface area contributed by atoms with Crippen LogP contribution in [0.1, 0.15) is 301 Å². The van der Waals surface area contributed by atoms with E-state index in [1.807, 2.05) is 96.4 Å². The number of fused-ring (bicyclic) bond motifs is 4. The van der Waals surface area contributed by atoms with E-state index in [9.17, 15) is 19.2 Å². The molecule has 4 heterocycles. The van der Waals surface area contributed by atoms with Crippen molar-refractivity contribution in [2.24, 2.45) is 5.73 Å². The standard InChI is InChI=1S/C29H37NO.C17H23NO2.C16H21NO2.C15H19NO3.C12H15N.ClH/c1-2-23-14-15-24(26-12-4-3-11-25(23)26)10-9-16-28(27-13-5-8-20-30-27)19-21-31-29(22-28)17-6-7-18-29;1-5-12-10-11-15(14-9-7-6-8-13(12)14)18-16(19)20-17(2,3)4;18-11-8-15(14-5-1-4-10-17-14)9-12-19-16(13-15)6-2-3-7-16;1-15(2,3)19-14(18)16-12-8-9-13(17)11-7-5-4-6-10(11)12;1-2-9-7-8-12(13)11-6-4-3-5-10(9)11;/h3-5,8,11-14,20,24H,2,6-7,9-10,15-19,21-22H2,1H3;5-9,15H,10-11H2,1-4H3,(H,18,19);1,4-5,10-11H,2-3,6-9,12-13H2;4-7,12H,8-9H2,1-3H3,(H,16,18);3-7,12H,2,8,13H2,1H3;1H/b;12-5+;;;;/t24-,28+;2*15-;2*12-;/m00100./s1. The summed E-state index contributed by atoms with van der Waals surface area (Å²) in [5.74, 6) is 0.797. The van der Waals surface area contributed by atoms with E-state index in [1.165, 1.54) is 114 Å². The number of nitrogens with zero attached hydrogens (tertiary/aromatic N) is 2. The minimum absolute atomic E-state index is 0. The molecular weight excluding hydrogens is 1300 g/mol.